The van der Waals surface area contributed by atoms with Crippen molar-refractivity contribution in [2.75, 3.05) is 6.61 Å². The summed E-state index contributed by atoms with van der Waals surface area (Å²) in [6.45, 7) is 0.573. The summed E-state index contributed by atoms with van der Waals surface area (Å²) in [5.41, 5.74) is 0. The first-order valence-electron chi connectivity index (χ1n) is 3.18. The summed E-state index contributed by atoms with van der Waals surface area (Å²) in [7, 11) is 0. The van der Waals surface area contributed by atoms with Gasteiger partial charge >= 0.3 is 5.97 Å². The molecule has 0 amide bonds. The summed E-state index contributed by atoms with van der Waals surface area (Å²) in [4.78, 5) is 10.8. The Bertz CT molecular complexity index is 135. The molecule has 0 saturated carbocycles. The smallest absolute Gasteiger partial charge is 0.313 e. The summed E-state index contributed by atoms with van der Waals surface area (Å²) in [5.74, 6) is -0.0347. The van der Waals surface area contributed by atoms with Gasteiger partial charge in [0.05, 0.1) is 12.5 Å². The van der Waals surface area contributed by atoms with Crippen LogP contribution in [0, 0.1) is 5.92 Å². The Kier molecular flexibility index (Phi) is 0.990. The monoisotopic (exact) mass is 128 g/mol. The molecule has 0 aromatic rings. The zero-order chi connectivity index (χ0) is 6.27. The van der Waals surface area contributed by atoms with Crippen LogP contribution in [0.1, 0.15) is 12.8 Å². The number of hydrogen-bond donors (Lipinski definition) is 0. The zero-order valence-electron chi connectivity index (χ0n) is 5.00. The van der Waals surface area contributed by atoms with Gasteiger partial charge in [-0.3, -0.25) is 4.79 Å². The first-order valence-corrected chi connectivity index (χ1v) is 3.18. The molecule has 3 fully saturated rings. The zero-order valence-corrected chi connectivity index (χ0v) is 5.00. The van der Waals surface area contributed by atoms with Gasteiger partial charge in [0.2, 0.25) is 6.29 Å². The molecule has 3 heteroatoms. The Hall–Kier alpha value is -0.570. The Balaban J connectivity index is 2.15. The topological polar surface area (TPSA) is 35.5 Å². The second-order valence-corrected chi connectivity index (χ2v) is 2.47. The van der Waals surface area contributed by atoms with Crippen LogP contribution in [0.2, 0.25) is 0 Å². The highest BCUT2D eigenvalue weighted by atomic mass is 16.7. The van der Waals surface area contributed by atoms with E-state index in [0.29, 0.717) is 6.61 Å². The highest BCUT2D eigenvalue weighted by Gasteiger charge is 2.36. The standard InChI is InChI=1S/C6H8O3/c7-6-4-1-2-5(9-6)8-3-4/h4-5H,1-3H2. The van der Waals surface area contributed by atoms with Gasteiger partial charge in [0, 0.05) is 6.42 Å². The molecule has 2 atom stereocenters. The van der Waals surface area contributed by atoms with Crippen molar-refractivity contribution < 1.29 is 14.3 Å². The van der Waals surface area contributed by atoms with Crippen LogP contribution in [0.3, 0.4) is 0 Å². The Labute approximate surface area is 52.9 Å². The second kappa shape index (κ2) is 1.70. The minimum Gasteiger partial charge on any atom is -0.435 e. The fourth-order valence-electron chi connectivity index (χ4n) is 1.23. The molecule has 50 valence electrons. The fraction of sp³-hybridized carbons (Fsp3) is 0.833. The van der Waals surface area contributed by atoms with E-state index in [4.69, 9.17) is 9.47 Å². The molecule has 3 nitrogen and oxygen atoms in total. The van der Waals surface area contributed by atoms with Gasteiger partial charge in [-0.2, -0.15) is 0 Å². The molecule has 2 unspecified atom stereocenters. The Morgan fingerprint density at radius 2 is 2.33 bits per heavy atom. The average Bonchev–Trinajstić information content (AvgIpc) is 1.90. The number of carbonyl (C=O) groups excluding carboxylic acids is 1. The van der Waals surface area contributed by atoms with E-state index in [1.807, 2.05) is 0 Å². The van der Waals surface area contributed by atoms with Crippen molar-refractivity contribution in [1.82, 2.24) is 0 Å². The van der Waals surface area contributed by atoms with Crippen LogP contribution in [0.25, 0.3) is 0 Å². The molecule has 0 radical (unpaired) electrons. The number of rotatable bonds is 0. The number of esters is 1. The third kappa shape index (κ3) is 0.721. The third-order valence-electron chi connectivity index (χ3n) is 1.82. The van der Waals surface area contributed by atoms with E-state index >= 15 is 0 Å². The minimum absolute atomic E-state index is 0.0370. The van der Waals surface area contributed by atoms with Crippen molar-refractivity contribution in [1.29, 1.82) is 0 Å². The number of ether oxygens (including phenoxy) is 2. The van der Waals surface area contributed by atoms with Gasteiger partial charge in [-0.1, -0.05) is 0 Å². The van der Waals surface area contributed by atoms with E-state index in [2.05, 4.69) is 0 Å². The first kappa shape index (κ1) is 5.23. The van der Waals surface area contributed by atoms with Crippen LogP contribution in [0.15, 0.2) is 0 Å². The quantitative estimate of drug-likeness (QED) is 0.440. The lowest BCUT2D eigenvalue weighted by atomic mass is 9.99. The van der Waals surface area contributed by atoms with E-state index in [9.17, 15) is 4.79 Å². The highest BCUT2D eigenvalue weighted by molar-refractivity contribution is 5.73. The molecule has 3 aliphatic rings. The van der Waals surface area contributed by atoms with Crippen molar-refractivity contribution in [3.05, 3.63) is 0 Å². The van der Waals surface area contributed by atoms with Gasteiger partial charge < -0.3 is 9.47 Å². The molecule has 3 rings (SSSR count). The SMILES string of the molecule is O=C1OC2CCC1CO2. The van der Waals surface area contributed by atoms with Crippen LogP contribution in [-0.4, -0.2) is 18.9 Å². The molecular weight excluding hydrogens is 120 g/mol. The molecule has 9 heavy (non-hydrogen) atoms. The van der Waals surface area contributed by atoms with Gasteiger partial charge in [0.1, 0.15) is 0 Å². The summed E-state index contributed by atoms with van der Waals surface area (Å²) >= 11 is 0. The van der Waals surface area contributed by atoms with E-state index in [0.717, 1.165) is 12.8 Å². The maximum Gasteiger partial charge on any atom is 0.313 e. The lowest BCUT2D eigenvalue weighted by Crippen LogP contribution is -2.42. The van der Waals surface area contributed by atoms with Gasteiger partial charge in [-0.05, 0) is 6.42 Å². The molecule has 3 heterocycles. The molecule has 0 N–H and O–H groups in total. The largest absolute Gasteiger partial charge is 0.435 e. The molecule has 2 bridgehead atoms. The van der Waals surface area contributed by atoms with Crippen molar-refractivity contribution in [2.45, 2.75) is 19.1 Å². The van der Waals surface area contributed by atoms with Gasteiger partial charge in [0.15, 0.2) is 0 Å². The molecule has 0 spiro atoms. The van der Waals surface area contributed by atoms with E-state index in [1.54, 1.807) is 0 Å². The highest BCUT2D eigenvalue weighted by Crippen LogP contribution is 2.27. The van der Waals surface area contributed by atoms with Crippen molar-refractivity contribution in [3.63, 3.8) is 0 Å². The normalized spacial score (nSPS) is 40.7. The average molecular weight is 128 g/mol. The van der Waals surface area contributed by atoms with Crippen LogP contribution in [0.5, 0.6) is 0 Å². The molecular formula is C6H8O3. The molecule has 0 aromatic carbocycles. The summed E-state index contributed by atoms with van der Waals surface area (Å²) < 4.78 is 9.93. The van der Waals surface area contributed by atoms with Crippen LogP contribution < -0.4 is 0 Å². The summed E-state index contributed by atoms with van der Waals surface area (Å²) in [6.07, 6.45) is 1.61. The maximum atomic E-state index is 10.8. The van der Waals surface area contributed by atoms with Gasteiger partial charge in [0.25, 0.3) is 0 Å². The molecule has 0 aliphatic carbocycles. The van der Waals surface area contributed by atoms with Crippen molar-refractivity contribution in [2.24, 2.45) is 5.92 Å². The molecule has 3 saturated heterocycles. The third-order valence-corrected chi connectivity index (χ3v) is 1.82. The predicted molar refractivity (Wildman–Crippen MR) is 28.6 cm³/mol. The minimum atomic E-state index is -0.220. The lowest BCUT2D eigenvalue weighted by molar-refractivity contribution is -0.228. The Morgan fingerprint density at radius 3 is 2.56 bits per heavy atom. The van der Waals surface area contributed by atoms with E-state index < -0.39 is 0 Å². The van der Waals surface area contributed by atoms with Gasteiger partial charge in [-0.15, -0.1) is 0 Å². The van der Waals surface area contributed by atoms with E-state index in [-0.39, 0.29) is 18.2 Å². The van der Waals surface area contributed by atoms with E-state index in [1.165, 1.54) is 0 Å². The van der Waals surface area contributed by atoms with Crippen LogP contribution >= 0.6 is 0 Å². The van der Waals surface area contributed by atoms with Crippen LogP contribution in [-0.2, 0) is 14.3 Å². The Morgan fingerprint density at radius 1 is 1.44 bits per heavy atom. The first-order chi connectivity index (χ1) is 4.36. The fourth-order valence-corrected chi connectivity index (χ4v) is 1.23. The summed E-state index contributed by atoms with van der Waals surface area (Å²) in [5, 5.41) is 0. The number of hydrogen-bond acceptors (Lipinski definition) is 3. The predicted octanol–water partition coefficient (Wildman–Crippen LogP) is 0.296. The van der Waals surface area contributed by atoms with Gasteiger partial charge in [-0.25, -0.2) is 0 Å². The van der Waals surface area contributed by atoms with Crippen LogP contribution in [0.4, 0.5) is 0 Å². The number of carbonyl (C=O) groups is 1. The second-order valence-electron chi connectivity index (χ2n) is 2.47. The molecule has 3 aliphatic heterocycles. The number of fused-ring (bicyclic) bond motifs is 3. The lowest BCUT2D eigenvalue weighted by Gasteiger charge is -2.34. The molecule has 0 aromatic heterocycles. The maximum absolute atomic E-state index is 10.8. The summed E-state index contributed by atoms with van der Waals surface area (Å²) in [6, 6.07) is 0. The van der Waals surface area contributed by atoms with Crippen molar-refractivity contribution >= 4 is 5.97 Å². The van der Waals surface area contributed by atoms with Crippen molar-refractivity contribution in [3.8, 4) is 0 Å².